The highest BCUT2D eigenvalue weighted by Crippen LogP contribution is 2.19. The zero-order chi connectivity index (χ0) is 16.2. The molecule has 0 radical (unpaired) electrons. The molecular weight excluding hydrogens is 296 g/mol. The maximum atomic E-state index is 12.0. The number of nitrogens with one attached hydrogen (secondary N) is 1. The third-order valence-electron chi connectivity index (χ3n) is 3.39. The van der Waals surface area contributed by atoms with E-state index in [-0.39, 0.29) is 5.91 Å². The molecule has 0 aliphatic rings. The van der Waals surface area contributed by atoms with Crippen LogP contribution in [0.5, 0.6) is 0 Å². The Morgan fingerprint density at radius 2 is 1.86 bits per heavy atom. The van der Waals surface area contributed by atoms with Crippen molar-refractivity contribution < 1.29 is 8.98 Å². The van der Waals surface area contributed by atoms with Crippen LogP contribution < -0.4 is 5.32 Å². The summed E-state index contributed by atoms with van der Waals surface area (Å²) in [4.78, 5) is 15.4. The van der Waals surface area contributed by atoms with Gasteiger partial charge in [0.25, 0.3) is 5.91 Å². The van der Waals surface area contributed by atoms with Gasteiger partial charge in [0.1, 0.15) is 0 Å². The van der Waals surface area contributed by atoms with Crippen molar-refractivity contribution in [2.75, 3.05) is 32.8 Å². The Labute approximate surface area is 138 Å². The molecule has 22 heavy (non-hydrogen) atoms. The first-order chi connectivity index (χ1) is 10.7. The molecule has 0 saturated carbocycles. The molecule has 0 aromatic heterocycles. The van der Waals surface area contributed by atoms with E-state index in [1.807, 2.05) is 24.3 Å². The van der Waals surface area contributed by atoms with Crippen molar-refractivity contribution in [1.82, 2.24) is 10.2 Å². The molecule has 1 aromatic carbocycles. The molecule has 0 atom stereocenters. The average Bonchev–Trinajstić information content (AvgIpc) is 2.55. The largest absolute Gasteiger partial charge is 0.352 e. The van der Waals surface area contributed by atoms with Crippen molar-refractivity contribution in [3.05, 3.63) is 29.8 Å². The maximum Gasteiger partial charge on any atom is 0.251 e. The van der Waals surface area contributed by atoms with E-state index in [9.17, 15) is 4.79 Å². The smallest absolute Gasteiger partial charge is 0.251 e. The Morgan fingerprint density at radius 3 is 2.45 bits per heavy atom. The molecule has 1 rings (SSSR count). The van der Waals surface area contributed by atoms with Gasteiger partial charge in [0.05, 0.1) is 6.61 Å². The summed E-state index contributed by atoms with van der Waals surface area (Å²) in [6.45, 7) is 11.0. The van der Waals surface area contributed by atoms with Crippen LogP contribution in [0.1, 0.15) is 44.0 Å². The van der Waals surface area contributed by atoms with Gasteiger partial charge in [0, 0.05) is 29.0 Å². The second kappa shape index (κ2) is 11.5. The molecule has 0 fully saturated rings. The Hall–Kier alpha value is -1.04. The predicted octanol–water partition coefficient (Wildman–Crippen LogP) is 3.58. The number of hydrogen-bond donors (Lipinski definition) is 1. The van der Waals surface area contributed by atoms with E-state index in [1.54, 1.807) is 0 Å². The number of hydrogen-bond acceptors (Lipinski definition) is 4. The standard InChI is InChI=1S/C17H28N2O2S/c1-4-14-21-22-16-10-8-15(9-11-16)17(20)18-12-7-13-19(5-2)6-3/h8-11H,4-7,12-14H2,1-3H3,(H,18,20). The molecule has 0 bridgehead atoms. The molecule has 0 aliphatic heterocycles. The first-order valence-corrected chi connectivity index (χ1v) is 8.85. The van der Waals surface area contributed by atoms with Gasteiger partial charge in [-0.15, -0.1) is 0 Å². The van der Waals surface area contributed by atoms with Gasteiger partial charge in [-0.1, -0.05) is 20.8 Å². The van der Waals surface area contributed by atoms with Gasteiger partial charge >= 0.3 is 0 Å². The van der Waals surface area contributed by atoms with Gasteiger partial charge in [-0.3, -0.25) is 4.79 Å². The van der Waals surface area contributed by atoms with Crippen molar-refractivity contribution >= 4 is 17.9 Å². The fraction of sp³-hybridized carbons (Fsp3) is 0.588. The minimum absolute atomic E-state index is 0.00873. The first-order valence-electron chi connectivity index (χ1n) is 8.11. The van der Waals surface area contributed by atoms with Crippen LogP contribution in [0.3, 0.4) is 0 Å². The molecule has 124 valence electrons. The lowest BCUT2D eigenvalue weighted by Gasteiger charge is -2.17. The van der Waals surface area contributed by atoms with Crippen molar-refractivity contribution in [2.24, 2.45) is 0 Å². The Morgan fingerprint density at radius 1 is 1.18 bits per heavy atom. The van der Waals surface area contributed by atoms with Crippen LogP contribution in [0.2, 0.25) is 0 Å². The van der Waals surface area contributed by atoms with E-state index in [2.05, 4.69) is 31.0 Å². The van der Waals surface area contributed by atoms with Crippen molar-refractivity contribution in [3.8, 4) is 0 Å². The van der Waals surface area contributed by atoms with Gasteiger partial charge in [0.2, 0.25) is 0 Å². The normalized spacial score (nSPS) is 10.9. The zero-order valence-corrected chi connectivity index (χ0v) is 14.7. The van der Waals surface area contributed by atoms with E-state index in [0.29, 0.717) is 12.1 Å². The van der Waals surface area contributed by atoms with Crippen LogP contribution in [0, 0.1) is 0 Å². The molecular formula is C17H28N2O2S. The molecule has 5 heteroatoms. The number of rotatable bonds is 11. The Bertz CT molecular complexity index is 419. The average molecular weight is 324 g/mol. The Kier molecular flexibility index (Phi) is 9.95. The second-order valence-corrected chi connectivity index (χ2v) is 5.94. The highest BCUT2D eigenvalue weighted by Gasteiger charge is 2.05. The van der Waals surface area contributed by atoms with Crippen LogP contribution in [0.15, 0.2) is 29.2 Å². The molecule has 4 nitrogen and oxygen atoms in total. The number of benzene rings is 1. The molecule has 1 aromatic rings. The van der Waals surface area contributed by atoms with Gasteiger partial charge < -0.3 is 14.4 Å². The SMILES string of the molecule is CCCOSc1ccc(C(=O)NCCCN(CC)CC)cc1. The number of amides is 1. The Balaban J connectivity index is 2.30. The number of carbonyl (C=O) groups is 1. The highest BCUT2D eigenvalue weighted by molar-refractivity contribution is 7.94. The third-order valence-corrected chi connectivity index (χ3v) is 4.14. The van der Waals surface area contributed by atoms with Crippen molar-refractivity contribution in [2.45, 2.75) is 38.5 Å². The molecule has 0 unspecified atom stereocenters. The number of nitrogens with zero attached hydrogens (tertiary/aromatic N) is 1. The lowest BCUT2D eigenvalue weighted by molar-refractivity contribution is 0.0951. The topological polar surface area (TPSA) is 41.6 Å². The summed E-state index contributed by atoms with van der Waals surface area (Å²) in [5, 5.41) is 2.97. The molecule has 0 aliphatic carbocycles. The van der Waals surface area contributed by atoms with Crippen LogP contribution in [-0.2, 0) is 4.18 Å². The second-order valence-electron chi connectivity index (χ2n) is 5.07. The molecule has 0 spiro atoms. The monoisotopic (exact) mass is 324 g/mol. The van der Waals surface area contributed by atoms with Crippen molar-refractivity contribution in [1.29, 1.82) is 0 Å². The summed E-state index contributed by atoms with van der Waals surface area (Å²) in [7, 11) is 0. The number of carbonyl (C=O) groups excluding carboxylic acids is 1. The summed E-state index contributed by atoms with van der Waals surface area (Å²) in [6.07, 6.45) is 1.98. The third kappa shape index (κ3) is 7.29. The zero-order valence-electron chi connectivity index (χ0n) is 13.9. The van der Waals surface area contributed by atoms with E-state index in [0.717, 1.165) is 44.0 Å². The summed E-state index contributed by atoms with van der Waals surface area (Å²) in [5.74, 6) is -0.00873. The summed E-state index contributed by atoms with van der Waals surface area (Å²) in [5.41, 5.74) is 0.697. The molecule has 1 amide bonds. The van der Waals surface area contributed by atoms with Gasteiger partial charge in [0.15, 0.2) is 0 Å². The minimum atomic E-state index is -0.00873. The van der Waals surface area contributed by atoms with Crippen LogP contribution in [0.25, 0.3) is 0 Å². The molecule has 1 N–H and O–H groups in total. The quantitative estimate of drug-likeness (QED) is 0.499. The van der Waals surface area contributed by atoms with Crippen LogP contribution >= 0.6 is 12.0 Å². The molecule has 0 heterocycles. The summed E-state index contributed by atoms with van der Waals surface area (Å²) < 4.78 is 5.40. The maximum absolute atomic E-state index is 12.0. The van der Waals surface area contributed by atoms with E-state index >= 15 is 0 Å². The fourth-order valence-corrected chi connectivity index (χ4v) is 2.63. The molecule has 0 saturated heterocycles. The predicted molar refractivity (Wildman–Crippen MR) is 93.3 cm³/mol. The lowest BCUT2D eigenvalue weighted by Crippen LogP contribution is -2.29. The lowest BCUT2D eigenvalue weighted by atomic mass is 10.2. The summed E-state index contributed by atoms with van der Waals surface area (Å²) in [6, 6.07) is 7.53. The van der Waals surface area contributed by atoms with E-state index in [1.165, 1.54) is 12.0 Å². The fourth-order valence-electron chi connectivity index (χ4n) is 2.00. The van der Waals surface area contributed by atoms with E-state index < -0.39 is 0 Å². The first kappa shape index (κ1) is 19.0. The van der Waals surface area contributed by atoms with Crippen LogP contribution in [-0.4, -0.2) is 43.6 Å². The highest BCUT2D eigenvalue weighted by atomic mass is 32.2. The van der Waals surface area contributed by atoms with E-state index in [4.69, 9.17) is 4.18 Å². The van der Waals surface area contributed by atoms with Gasteiger partial charge in [-0.2, -0.15) is 0 Å². The van der Waals surface area contributed by atoms with Crippen LogP contribution in [0.4, 0.5) is 0 Å². The minimum Gasteiger partial charge on any atom is -0.352 e. The van der Waals surface area contributed by atoms with Crippen molar-refractivity contribution in [3.63, 3.8) is 0 Å². The summed E-state index contributed by atoms with van der Waals surface area (Å²) >= 11 is 1.36. The van der Waals surface area contributed by atoms with Gasteiger partial charge in [-0.05, 0) is 56.7 Å². The van der Waals surface area contributed by atoms with Gasteiger partial charge in [-0.25, -0.2) is 0 Å².